The summed E-state index contributed by atoms with van der Waals surface area (Å²) >= 11 is 6.32. The largest absolute Gasteiger partial charge is 0.417 e. The molecule has 1 atom stereocenters. The summed E-state index contributed by atoms with van der Waals surface area (Å²) in [4.78, 5) is 32.4. The van der Waals surface area contributed by atoms with Crippen LogP contribution in [0, 0.1) is 0 Å². The number of alkyl halides is 3. The highest BCUT2D eigenvalue weighted by molar-refractivity contribution is 6.33. The Morgan fingerprint density at radius 3 is 2.26 bits per heavy atom. The number of piperazine rings is 1. The third-order valence-electron chi connectivity index (χ3n) is 5.60. The molecule has 2 N–H and O–H groups in total. The molecule has 3 heterocycles. The molecule has 0 bridgehead atoms. The number of anilines is 1. The quantitative estimate of drug-likeness (QED) is 0.588. The average molecular weight is 493 g/mol. The lowest BCUT2D eigenvalue weighted by Crippen LogP contribution is -2.50. The molecule has 1 unspecified atom stereocenters. The summed E-state index contributed by atoms with van der Waals surface area (Å²) in [7, 11) is 0. The lowest BCUT2D eigenvalue weighted by atomic mass is 10.0. The maximum Gasteiger partial charge on any atom is 0.417 e. The van der Waals surface area contributed by atoms with Crippen LogP contribution in [0.15, 0.2) is 59.7 Å². The Morgan fingerprint density at radius 1 is 1.03 bits per heavy atom. The molecule has 3 aromatic rings. The zero-order chi connectivity index (χ0) is 24.5. The van der Waals surface area contributed by atoms with E-state index in [4.69, 9.17) is 17.3 Å². The number of primary amides is 1. The second-order valence-corrected chi connectivity index (χ2v) is 8.08. The highest BCUT2D eigenvalue weighted by Gasteiger charge is 2.32. The molecular weight excluding hydrogens is 473 g/mol. The van der Waals surface area contributed by atoms with Gasteiger partial charge in [-0.3, -0.25) is 14.5 Å². The molecule has 0 radical (unpaired) electrons. The second-order valence-electron chi connectivity index (χ2n) is 7.70. The Hall–Kier alpha value is -3.44. The number of hydrogen-bond donors (Lipinski definition) is 1. The maximum atomic E-state index is 12.8. The van der Waals surface area contributed by atoms with E-state index in [0.717, 1.165) is 22.4 Å². The molecule has 1 aliphatic rings. The van der Waals surface area contributed by atoms with Gasteiger partial charge in [0.1, 0.15) is 11.1 Å². The number of nitrogens with zero attached hydrogens (tertiary/aromatic N) is 5. The number of hydrogen-bond acceptors (Lipinski definition) is 6. The first kappa shape index (κ1) is 23.7. The van der Waals surface area contributed by atoms with E-state index in [-0.39, 0.29) is 10.8 Å². The van der Waals surface area contributed by atoms with Crippen LogP contribution >= 0.6 is 11.6 Å². The minimum absolute atomic E-state index is 0.0802. The predicted octanol–water partition coefficient (Wildman–Crippen LogP) is 2.65. The summed E-state index contributed by atoms with van der Waals surface area (Å²) in [6, 6.07) is 10.5. The molecular formula is C22H20ClF3N6O2. The first-order valence-corrected chi connectivity index (χ1v) is 10.7. The number of pyridine rings is 1. The van der Waals surface area contributed by atoms with E-state index in [1.807, 2.05) is 40.1 Å². The number of aromatic nitrogens is 3. The van der Waals surface area contributed by atoms with Gasteiger partial charge in [-0.1, -0.05) is 41.9 Å². The molecule has 1 aromatic carbocycles. The molecule has 1 aliphatic heterocycles. The number of nitrogens with two attached hydrogens (primary N) is 1. The lowest BCUT2D eigenvalue weighted by Gasteiger charge is -2.39. The van der Waals surface area contributed by atoms with Crippen LogP contribution in [0.25, 0.3) is 5.82 Å². The van der Waals surface area contributed by atoms with Crippen LogP contribution in [-0.2, 0) is 11.0 Å². The van der Waals surface area contributed by atoms with Crippen molar-refractivity contribution in [2.75, 3.05) is 31.1 Å². The van der Waals surface area contributed by atoms with Crippen molar-refractivity contribution in [2.45, 2.75) is 12.2 Å². The summed E-state index contributed by atoms with van der Waals surface area (Å²) in [5, 5.41) is 3.93. The second kappa shape index (κ2) is 9.43. The van der Waals surface area contributed by atoms with Crippen LogP contribution in [0.4, 0.5) is 18.9 Å². The van der Waals surface area contributed by atoms with E-state index < -0.39 is 29.2 Å². The number of halogens is 4. The molecule has 0 spiro atoms. The van der Waals surface area contributed by atoms with Crippen molar-refractivity contribution >= 4 is 23.2 Å². The topological polar surface area (TPSA) is 97.4 Å². The molecule has 34 heavy (non-hydrogen) atoms. The van der Waals surface area contributed by atoms with Crippen LogP contribution < -0.4 is 16.2 Å². The van der Waals surface area contributed by atoms with Gasteiger partial charge in [-0.05, 0) is 17.7 Å². The van der Waals surface area contributed by atoms with Gasteiger partial charge in [-0.2, -0.15) is 23.0 Å². The first-order valence-electron chi connectivity index (χ1n) is 10.3. The Bertz CT molecular complexity index is 1230. The molecule has 4 rings (SSSR count). The van der Waals surface area contributed by atoms with E-state index in [1.54, 1.807) is 0 Å². The summed E-state index contributed by atoms with van der Waals surface area (Å²) in [6.45, 7) is 1.89. The summed E-state index contributed by atoms with van der Waals surface area (Å²) in [5.41, 5.74) is 5.21. The first-order chi connectivity index (χ1) is 16.2. The van der Waals surface area contributed by atoms with Crippen LogP contribution in [0.5, 0.6) is 0 Å². The van der Waals surface area contributed by atoms with Crippen molar-refractivity contribution in [2.24, 2.45) is 5.73 Å². The number of amides is 1. The minimum Gasteiger partial charge on any atom is -0.368 e. The highest BCUT2D eigenvalue weighted by atomic mass is 35.5. The van der Waals surface area contributed by atoms with Crippen molar-refractivity contribution in [3.63, 3.8) is 0 Å². The summed E-state index contributed by atoms with van der Waals surface area (Å²) < 4.78 is 39.1. The number of benzene rings is 1. The van der Waals surface area contributed by atoms with Gasteiger partial charge in [0.25, 0.3) is 5.56 Å². The van der Waals surface area contributed by atoms with Crippen molar-refractivity contribution in [1.29, 1.82) is 0 Å². The van der Waals surface area contributed by atoms with E-state index in [2.05, 4.69) is 10.1 Å². The van der Waals surface area contributed by atoms with Gasteiger partial charge in [-0.25, -0.2) is 4.98 Å². The molecule has 1 amide bonds. The third kappa shape index (κ3) is 4.75. The Labute approximate surface area is 197 Å². The molecule has 1 fully saturated rings. The van der Waals surface area contributed by atoms with Crippen LogP contribution in [0.2, 0.25) is 5.02 Å². The van der Waals surface area contributed by atoms with Crippen molar-refractivity contribution < 1.29 is 18.0 Å². The van der Waals surface area contributed by atoms with Crippen molar-refractivity contribution in [1.82, 2.24) is 19.7 Å². The fourth-order valence-corrected chi connectivity index (χ4v) is 4.15. The maximum absolute atomic E-state index is 12.8. The van der Waals surface area contributed by atoms with E-state index >= 15 is 0 Å². The van der Waals surface area contributed by atoms with Crippen LogP contribution in [0.1, 0.15) is 17.2 Å². The van der Waals surface area contributed by atoms with Gasteiger partial charge in [0.05, 0.1) is 17.4 Å². The molecule has 8 nitrogen and oxygen atoms in total. The molecule has 0 aliphatic carbocycles. The van der Waals surface area contributed by atoms with Crippen LogP contribution in [-0.4, -0.2) is 51.8 Å². The van der Waals surface area contributed by atoms with E-state index in [9.17, 15) is 22.8 Å². The third-order valence-corrected chi connectivity index (χ3v) is 5.95. The minimum atomic E-state index is -4.54. The molecule has 1 saturated heterocycles. The molecule has 178 valence electrons. The van der Waals surface area contributed by atoms with Gasteiger partial charge in [0.15, 0.2) is 5.82 Å². The molecule has 0 saturated carbocycles. The van der Waals surface area contributed by atoms with Gasteiger partial charge >= 0.3 is 6.18 Å². The zero-order valence-electron chi connectivity index (χ0n) is 17.7. The normalized spacial score (nSPS) is 15.8. The van der Waals surface area contributed by atoms with Crippen molar-refractivity contribution in [3.8, 4) is 5.82 Å². The Balaban J connectivity index is 1.51. The number of carbonyl (C=O) groups excluding carboxylic acids is 1. The monoisotopic (exact) mass is 492 g/mol. The average Bonchev–Trinajstić information content (AvgIpc) is 2.82. The fourth-order valence-electron chi connectivity index (χ4n) is 3.90. The Morgan fingerprint density at radius 2 is 1.71 bits per heavy atom. The van der Waals surface area contributed by atoms with Gasteiger partial charge < -0.3 is 10.6 Å². The predicted molar refractivity (Wildman–Crippen MR) is 120 cm³/mol. The van der Waals surface area contributed by atoms with Gasteiger partial charge in [0, 0.05) is 32.4 Å². The van der Waals surface area contributed by atoms with Gasteiger partial charge in [-0.15, -0.1) is 0 Å². The highest BCUT2D eigenvalue weighted by Crippen LogP contribution is 2.29. The molecule has 2 aromatic heterocycles. The fraction of sp³-hybridized carbons (Fsp3) is 0.273. The number of rotatable bonds is 5. The lowest BCUT2D eigenvalue weighted by molar-refractivity contribution is -0.137. The standard InChI is InChI=1S/C22H20ClF3N6O2/c23-18-16(13-29-32(21(18)34)17-7-6-15(12-28-17)22(24,25)26)30-8-10-31(11-9-30)19(20(27)33)14-4-2-1-3-5-14/h1-7,12-13,19H,8-11H2,(H2,27,33). The van der Waals surface area contributed by atoms with Gasteiger partial charge in [0.2, 0.25) is 5.91 Å². The van der Waals surface area contributed by atoms with E-state index in [1.165, 1.54) is 6.20 Å². The van der Waals surface area contributed by atoms with Crippen molar-refractivity contribution in [3.05, 3.63) is 81.4 Å². The van der Waals surface area contributed by atoms with Crippen LogP contribution in [0.3, 0.4) is 0 Å². The number of carbonyl (C=O) groups is 1. The molecule has 12 heteroatoms. The smallest absolute Gasteiger partial charge is 0.368 e. The zero-order valence-corrected chi connectivity index (χ0v) is 18.5. The summed E-state index contributed by atoms with van der Waals surface area (Å²) in [5.74, 6) is -0.533. The Kier molecular flexibility index (Phi) is 6.58. The SMILES string of the molecule is NC(=O)C(c1ccccc1)N1CCN(c2cnn(-c3ccc(C(F)(F)F)cn3)c(=O)c2Cl)CC1. The summed E-state index contributed by atoms with van der Waals surface area (Å²) in [6.07, 6.45) is -2.53. The van der Waals surface area contributed by atoms with E-state index in [0.29, 0.717) is 38.1 Å².